The largest absolute Gasteiger partial charge is 0.378 e. The van der Waals surface area contributed by atoms with E-state index in [0.29, 0.717) is 6.10 Å². The van der Waals surface area contributed by atoms with Crippen molar-refractivity contribution in [1.29, 1.82) is 0 Å². The summed E-state index contributed by atoms with van der Waals surface area (Å²) >= 11 is 0. The lowest BCUT2D eigenvalue weighted by Gasteiger charge is -2.23. The smallest absolute Gasteiger partial charge is 0.0549 e. The highest BCUT2D eigenvalue weighted by Crippen LogP contribution is 2.18. The maximum Gasteiger partial charge on any atom is 0.0549 e. The van der Waals surface area contributed by atoms with Crippen LogP contribution < -0.4 is 0 Å². The second-order valence-corrected chi connectivity index (χ2v) is 2.81. The molecule has 1 nitrogen and oxygen atoms in total. The van der Waals surface area contributed by atoms with Crippen LogP contribution in [0.1, 0.15) is 26.7 Å². The second-order valence-electron chi connectivity index (χ2n) is 2.81. The van der Waals surface area contributed by atoms with E-state index in [1.165, 1.54) is 12.8 Å². The number of ether oxygens (including phenoxy) is 1. The molecule has 0 aliphatic carbocycles. The lowest BCUT2D eigenvalue weighted by molar-refractivity contribution is 0.00682. The Balaban J connectivity index is 2.23. The first kappa shape index (κ1) is 6.09. The fourth-order valence-corrected chi connectivity index (χ4v) is 1.22. The summed E-state index contributed by atoms with van der Waals surface area (Å²) in [4.78, 5) is 0. The molecular formula is C7H14O. The van der Waals surface area contributed by atoms with Crippen molar-refractivity contribution >= 4 is 0 Å². The van der Waals surface area contributed by atoms with Gasteiger partial charge in [-0.15, -0.1) is 0 Å². The normalized spacial score (nSPS) is 39.8. The molecule has 0 N–H and O–H groups in total. The van der Waals surface area contributed by atoms with Gasteiger partial charge in [0, 0.05) is 6.61 Å². The zero-order valence-corrected chi connectivity index (χ0v) is 5.68. The predicted octanol–water partition coefficient (Wildman–Crippen LogP) is 1.82. The van der Waals surface area contributed by atoms with E-state index in [9.17, 15) is 0 Å². The van der Waals surface area contributed by atoms with Crippen LogP contribution in [0.3, 0.4) is 0 Å². The average Bonchev–Trinajstić information content (AvgIpc) is 1.64. The minimum absolute atomic E-state index is 0.513. The van der Waals surface area contributed by atoms with Gasteiger partial charge in [-0.1, -0.05) is 6.92 Å². The molecule has 1 fully saturated rings. The quantitative estimate of drug-likeness (QED) is 0.466. The highest BCUT2D eigenvalue weighted by atomic mass is 16.5. The third kappa shape index (κ3) is 1.48. The molecule has 8 heavy (non-hydrogen) atoms. The lowest BCUT2D eigenvalue weighted by atomic mass is 9.99. The summed E-state index contributed by atoms with van der Waals surface area (Å²) in [6.45, 7) is 5.41. The summed E-state index contributed by atoms with van der Waals surface area (Å²) < 4.78 is 5.35. The van der Waals surface area contributed by atoms with Crippen molar-refractivity contribution in [2.75, 3.05) is 6.61 Å². The third-order valence-corrected chi connectivity index (χ3v) is 1.75. The van der Waals surface area contributed by atoms with Gasteiger partial charge in [0.15, 0.2) is 0 Å². The van der Waals surface area contributed by atoms with Crippen molar-refractivity contribution in [2.24, 2.45) is 5.92 Å². The van der Waals surface area contributed by atoms with Gasteiger partial charge in [0.2, 0.25) is 0 Å². The van der Waals surface area contributed by atoms with E-state index in [4.69, 9.17) is 4.74 Å². The van der Waals surface area contributed by atoms with Gasteiger partial charge in [-0.3, -0.25) is 0 Å². The number of rotatable bonds is 0. The molecule has 0 radical (unpaired) electrons. The molecule has 1 heterocycles. The van der Waals surface area contributed by atoms with E-state index in [1.807, 2.05) is 0 Å². The van der Waals surface area contributed by atoms with Crippen molar-refractivity contribution in [1.82, 2.24) is 0 Å². The predicted molar refractivity (Wildman–Crippen MR) is 33.8 cm³/mol. The van der Waals surface area contributed by atoms with Crippen LogP contribution in [0.25, 0.3) is 0 Å². The number of hydrogen-bond donors (Lipinski definition) is 0. The van der Waals surface area contributed by atoms with Crippen LogP contribution in [0.15, 0.2) is 0 Å². The molecule has 0 amide bonds. The zero-order valence-electron chi connectivity index (χ0n) is 5.68. The highest BCUT2D eigenvalue weighted by Gasteiger charge is 2.13. The van der Waals surface area contributed by atoms with Gasteiger partial charge in [0.05, 0.1) is 6.10 Å². The minimum Gasteiger partial charge on any atom is -0.378 e. The van der Waals surface area contributed by atoms with Crippen molar-refractivity contribution in [3.63, 3.8) is 0 Å². The minimum atomic E-state index is 0.513. The average molecular weight is 114 g/mol. The Hall–Kier alpha value is -0.0400. The summed E-state index contributed by atoms with van der Waals surface area (Å²) in [7, 11) is 0. The maximum atomic E-state index is 5.35. The molecule has 1 aliphatic heterocycles. The van der Waals surface area contributed by atoms with Crippen LogP contribution in [0.4, 0.5) is 0 Å². The Morgan fingerprint density at radius 2 is 2.12 bits per heavy atom. The molecule has 2 atom stereocenters. The molecule has 0 aromatic carbocycles. The van der Waals surface area contributed by atoms with E-state index >= 15 is 0 Å². The van der Waals surface area contributed by atoms with E-state index in [2.05, 4.69) is 13.8 Å². The topological polar surface area (TPSA) is 9.23 Å². The molecule has 1 heteroatoms. The fourth-order valence-electron chi connectivity index (χ4n) is 1.22. The molecule has 48 valence electrons. The van der Waals surface area contributed by atoms with Crippen LogP contribution >= 0.6 is 0 Å². The zero-order chi connectivity index (χ0) is 5.98. The van der Waals surface area contributed by atoms with Crippen molar-refractivity contribution in [2.45, 2.75) is 32.8 Å². The van der Waals surface area contributed by atoms with Gasteiger partial charge in [0.1, 0.15) is 0 Å². The van der Waals surface area contributed by atoms with E-state index < -0.39 is 0 Å². The van der Waals surface area contributed by atoms with Gasteiger partial charge >= 0.3 is 0 Å². The Bertz CT molecular complexity index is 62.8. The Morgan fingerprint density at radius 3 is 2.50 bits per heavy atom. The molecular weight excluding hydrogens is 100 g/mol. The molecule has 0 bridgehead atoms. The first-order valence-electron chi connectivity index (χ1n) is 3.40. The van der Waals surface area contributed by atoms with E-state index in [-0.39, 0.29) is 0 Å². The van der Waals surface area contributed by atoms with E-state index in [1.54, 1.807) is 0 Å². The Labute approximate surface area is 51.0 Å². The number of hydrogen-bond acceptors (Lipinski definition) is 1. The van der Waals surface area contributed by atoms with Gasteiger partial charge in [-0.25, -0.2) is 0 Å². The van der Waals surface area contributed by atoms with Crippen LogP contribution in [-0.4, -0.2) is 12.7 Å². The standard InChI is InChI=1S/C7H14O/c1-6-3-4-8-7(2)5-6/h6-7H,3-5H2,1-2H3/t6-,7+/m0/s1. The first-order valence-corrected chi connectivity index (χ1v) is 3.40. The molecule has 0 aromatic heterocycles. The summed E-state index contributed by atoms with van der Waals surface area (Å²) in [5, 5.41) is 0. The van der Waals surface area contributed by atoms with Gasteiger partial charge in [-0.05, 0) is 25.7 Å². The summed E-state index contributed by atoms with van der Waals surface area (Å²) in [5.41, 5.74) is 0. The van der Waals surface area contributed by atoms with Crippen LogP contribution in [0.2, 0.25) is 0 Å². The maximum absolute atomic E-state index is 5.35. The summed E-state index contributed by atoms with van der Waals surface area (Å²) in [6.07, 6.45) is 3.02. The molecule has 0 unspecified atom stereocenters. The molecule has 1 saturated heterocycles. The molecule has 1 rings (SSSR count). The van der Waals surface area contributed by atoms with E-state index in [0.717, 1.165) is 12.5 Å². The molecule has 0 spiro atoms. The molecule has 0 aromatic rings. The fraction of sp³-hybridized carbons (Fsp3) is 1.00. The lowest BCUT2D eigenvalue weighted by Crippen LogP contribution is -2.20. The van der Waals surface area contributed by atoms with Crippen LogP contribution in [0.5, 0.6) is 0 Å². The third-order valence-electron chi connectivity index (χ3n) is 1.75. The Morgan fingerprint density at radius 1 is 1.38 bits per heavy atom. The van der Waals surface area contributed by atoms with Crippen molar-refractivity contribution < 1.29 is 4.74 Å². The van der Waals surface area contributed by atoms with Crippen molar-refractivity contribution in [3.8, 4) is 0 Å². The Kier molecular flexibility index (Phi) is 1.90. The van der Waals surface area contributed by atoms with Gasteiger partial charge in [0.25, 0.3) is 0 Å². The molecule has 1 aliphatic rings. The summed E-state index contributed by atoms with van der Waals surface area (Å²) in [5.74, 6) is 0.888. The molecule has 0 saturated carbocycles. The second kappa shape index (κ2) is 2.49. The van der Waals surface area contributed by atoms with Crippen LogP contribution in [-0.2, 0) is 4.74 Å². The van der Waals surface area contributed by atoms with Crippen LogP contribution in [0, 0.1) is 5.92 Å². The van der Waals surface area contributed by atoms with Crippen molar-refractivity contribution in [3.05, 3.63) is 0 Å². The van der Waals surface area contributed by atoms with Gasteiger partial charge < -0.3 is 4.74 Å². The summed E-state index contributed by atoms with van der Waals surface area (Å²) in [6, 6.07) is 0. The van der Waals surface area contributed by atoms with Gasteiger partial charge in [-0.2, -0.15) is 0 Å². The monoisotopic (exact) mass is 114 g/mol. The first-order chi connectivity index (χ1) is 3.79. The highest BCUT2D eigenvalue weighted by molar-refractivity contribution is 4.63. The SMILES string of the molecule is C[C@H]1CCO[C@H](C)C1.